The molecule has 0 N–H and O–H groups in total. The number of carbonyl (C=O) groups is 1. The average molecular weight is 184 g/mol. The van der Waals surface area contributed by atoms with Crippen LogP contribution in [0.4, 0.5) is 0 Å². The Bertz CT molecular complexity index is 219. The van der Waals surface area contributed by atoms with Gasteiger partial charge in [-0.15, -0.1) is 0 Å². The number of hydrogen-bond acceptors (Lipinski definition) is 2. The van der Waals surface area contributed by atoms with E-state index in [9.17, 15) is 4.79 Å². The van der Waals surface area contributed by atoms with Crippen LogP contribution in [0.2, 0.25) is 0 Å². The van der Waals surface area contributed by atoms with Crippen molar-refractivity contribution in [1.82, 2.24) is 0 Å². The number of hydrogen-bond donors (Lipinski definition) is 1. The van der Waals surface area contributed by atoms with E-state index in [1.165, 1.54) is 6.08 Å². The molecule has 1 aliphatic rings. The average Bonchev–Trinajstić information content (AvgIpc) is 2.57. The highest BCUT2D eigenvalue weighted by atomic mass is 32.2. The molecule has 0 radical (unpaired) electrons. The minimum atomic E-state index is -0.336. The Kier molecular flexibility index (Phi) is 3.67. The minimum Gasteiger partial charge on any atom is -0.462 e. The van der Waals surface area contributed by atoms with Gasteiger partial charge >= 0.3 is 5.97 Å². The van der Waals surface area contributed by atoms with Crippen LogP contribution in [0.3, 0.4) is 0 Å². The van der Waals surface area contributed by atoms with E-state index in [2.05, 4.69) is 17.4 Å². The molecule has 0 fully saturated rings. The molecule has 1 rings (SSSR count). The fourth-order valence-corrected chi connectivity index (χ4v) is 2.17. The lowest BCUT2D eigenvalue weighted by Gasteiger charge is -2.08. The van der Waals surface area contributed by atoms with E-state index in [1.54, 1.807) is 0 Å². The standard InChI is InChI=1S/C9H12O2S/c1-2-9(10)11-5-8-12-6-3-4-7-12/h2-4,6-7,12H,1,5,8H2. The number of allylic oxidation sites excluding steroid dienone is 2. The van der Waals surface area contributed by atoms with Crippen molar-refractivity contribution in [2.24, 2.45) is 0 Å². The van der Waals surface area contributed by atoms with E-state index in [0.29, 0.717) is 6.61 Å². The normalized spacial score (nSPS) is 16.5. The molecule has 0 unspecified atom stereocenters. The lowest BCUT2D eigenvalue weighted by molar-refractivity contribution is -0.137. The van der Waals surface area contributed by atoms with E-state index >= 15 is 0 Å². The van der Waals surface area contributed by atoms with Gasteiger partial charge in [-0.1, -0.05) is 18.7 Å². The molecular formula is C9H12O2S. The van der Waals surface area contributed by atoms with Gasteiger partial charge in [-0.25, -0.2) is 15.7 Å². The van der Waals surface area contributed by atoms with Crippen molar-refractivity contribution in [3.8, 4) is 0 Å². The third-order valence-electron chi connectivity index (χ3n) is 1.43. The predicted octanol–water partition coefficient (Wildman–Crippen LogP) is 1.76. The van der Waals surface area contributed by atoms with E-state index in [-0.39, 0.29) is 16.9 Å². The number of rotatable bonds is 4. The molecule has 0 aromatic carbocycles. The van der Waals surface area contributed by atoms with Crippen molar-refractivity contribution >= 4 is 16.9 Å². The summed E-state index contributed by atoms with van der Waals surface area (Å²) in [4.78, 5) is 10.6. The van der Waals surface area contributed by atoms with Crippen molar-refractivity contribution in [3.05, 3.63) is 35.6 Å². The van der Waals surface area contributed by atoms with Crippen LogP contribution in [0, 0.1) is 0 Å². The molecule has 2 nitrogen and oxygen atoms in total. The molecule has 0 aromatic heterocycles. The van der Waals surface area contributed by atoms with Gasteiger partial charge in [0.15, 0.2) is 0 Å². The predicted molar refractivity (Wildman–Crippen MR) is 53.3 cm³/mol. The lowest BCUT2D eigenvalue weighted by atomic mass is 10.6. The Morgan fingerprint density at radius 3 is 2.75 bits per heavy atom. The van der Waals surface area contributed by atoms with Crippen LogP contribution in [0.25, 0.3) is 0 Å². The highest BCUT2D eigenvalue weighted by molar-refractivity contribution is 8.22. The van der Waals surface area contributed by atoms with Crippen LogP contribution in [0.1, 0.15) is 0 Å². The molecule has 0 spiro atoms. The van der Waals surface area contributed by atoms with Gasteiger partial charge in [0, 0.05) is 11.8 Å². The molecule has 0 aliphatic carbocycles. The summed E-state index contributed by atoms with van der Waals surface area (Å²) in [6.45, 7) is 3.81. The van der Waals surface area contributed by atoms with Crippen LogP contribution in [0.5, 0.6) is 0 Å². The summed E-state index contributed by atoms with van der Waals surface area (Å²) in [5, 5.41) is 4.30. The maximum atomic E-state index is 10.6. The molecule has 0 saturated heterocycles. The quantitative estimate of drug-likeness (QED) is 0.409. The van der Waals surface area contributed by atoms with Gasteiger partial charge in [0.05, 0.1) is 6.61 Å². The largest absolute Gasteiger partial charge is 0.462 e. The van der Waals surface area contributed by atoms with E-state index in [4.69, 9.17) is 4.74 Å². The Morgan fingerprint density at radius 1 is 1.50 bits per heavy atom. The van der Waals surface area contributed by atoms with Crippen LogP contribution in [0.15, 0.2) is 35.6 Å². The molecule has 0 amide bonds. The van der Waals surface area contributed by atoms with Crippen LogP contribution in [-0.4, -0.2) is 18.3 Å². The van der Waals surface area contributed by atoms with Crippen LogP contribution in [-0.2, 0) is 9.53 Å². The zero-order chi connectivity index (χ0) is 8.81. The highest BCUT2D eigenvalue weighted by Crippen LogP contribution is 2.31. The van der Waals surface area contributed by atoms with Crippen molar-refractivity contribution < 1.29 is 9.53 Å². The number of carbonyl (C=O) groups excluding carboxylic acids is 1. The zero-order valence-electron chi connectivity index (χ0n) is 6.77. The minimum absolute atomic E-state index is 0.153. The summed E-state index contributed by atoms with van der Waals surface area (Å²) in [5.41, 5.74) is 0. The summed E-state index contributed by atoms with van der Waals surface area (Å²) in [5.74, 6) is 0.583. The summed E-state index contributed by atoms with van der Waals surface area (Å²) >= 11 is 0. The Labute approximate surface area is 75.0 Å². The summed E-state index contributed by atoms with van der Waals surface area (Å²) in [6, 6.07) is 0. The SMILES string of the molecule is C=CC(=O)OCC[SH]1C=CC=C1. The molecule has 0 aromatic rings. The molecule has 12 heavy (non-hydrogen) atoms. The first-order valence-corrected chi connectivity index (χ1v) is 5.39. The molecule has 1 heterocycles. The monoisotopic (exact) mass is 184 g/mol. The molecule has 66 valence electrons. The first-order valence-electron chi connectivity index (χ1n) is 3.73. The molecular weight excluding hydrogens is 172 g/mol. The molecule has 3 heteroatoms. The first kappa shape index (κ1) is 9.13. The highest BCUT2D eigenvalue weighted by Gasteiger charge is 2.00. The van der Waals surface area contributed by atoms with Gasteiger partial charge in [0.2, 0.25) is 0 Å². The summed E-state index contributed by atoms with van der Waals surface area (Å²) in [7, 11) is -0.153. The second kappa shape index (κ2) is 4.83. The van der Waals surface area contributed by atoms with E-state index in [1.807, 2.05) is 12.2 Å². The van der Waals surface area contributed by atoms with E-state index in [0.717, 1.165) is 5.75 Å². The molecule has 0 saturated carbocycles. The zero-order valence-corrected chi connectivity index (χ0v) is 7.67. The van der Waals surface area contributed by atoms with Crippen molar-refractivity contribution in [2.75, 3.05) is 12.4 Å². The van der Waals surface area contributed by atoms with Crippen molar-refractivity contribution in [1.29, 1.82) is 0 Å². The van der Waals surface area contributed by atoms with Gasteiger partial charge in [0.25, 0.3) is 0 Å². The molecule has 1 aliphatic heterocycles. The third kappa shape index (κ3) is 2.96. The second-order valence-corrected chi connectivity index (χ2v) is 4.36. The summed E-state index contributed by atoms with van der Waals surface area (Å²) in [6.07, 6.45) is 5.25. The first-order chi connectivity index (χ1) is 5.83. The van der Waals surface area contributed by atoms with Gasteiger partial charge in [-0.2, -0.15) is 0 Å². The van der Waals surface area contributed by atoms with Crippen molar-refractivity contribution in [2.45, 2.75) is 0 Å². The number of thiol groups is 1. The second-order valence-electron chi connectivity index (χ2n) is 2.29. The fraction of sp³-hybridized carbons (Fsp3) is 0.222. The maximum Gasteiger partial charge on any atom is 0.330 e. The number of esters is 1. The van der Waals surface area contributed by atoms with Crippen molar-refractivity contribution in [3.63, 3.8) is 0 Å². The van der Waals surface area contributed by atoms with Gasteiger partial charge < -0.3 is 4.74 Å². The lowest BCUT2D eigenvalue weighted by Crippen LogP contribution is -2.04. The fourth-order valence-electron chi connectivity index (χ4n) is 0.830. The number of ether oxygens (including phenoxy) is 1. The maximum absolute atomic E-state index is 10.6. The Hall–Kier alpha value is -0.960. The van der Waals surface area contributed by atoms with Gasteiger partial charge in [-0.05, 0) is 10.8 Å². The topological polar surface area (TPSA) is 26.3 Å². The van der Waals surface area contributed by atoms with Gasteiger partial charge in [0.1, 0.15) is 0 Å². The van der Waals surface area contributed by atoms with Crippen LogP contribution < -0.4 is 0 Å². The van der Waals surface area contributed by atoms with E-state index < -0.39 is 0 Å². The molecule has 0 atom stereocenters. The third-order valence-corrected chi connectivity index (χ3v) is 3.24. The van der Waals surface area contributed by atoms with Gasteiger partial charge in [-0.3, -0.25) is 0 Å². The molecule has 0 bridgehead atoms. The summed E-state index contributed by atoms with van der Waals surface area (Å²) < 4.78 is 4.84. The Morgan fingerprint density at radius 2 is 2.17 bits per heavy atom. The Balaban J connectivity index is 2.10. The smallest absolute Gasteiger partial charge is 0.330 e. The van der Waals surface area contributed by atoms with Crippen LogP contribution >= 0.6 is 10.9 Å².